The van der Waals surface area contributed by atoms with Crippen molar-refractivity contribution in [2.24, 2.45) is 0 Å². The summed E-state index contributed by atoms with van der Waals surface area (Å²) in [5.41, 5.74) is 1.35. The number of tetrazole rings is 1. The van der Waals surface area contributed by atoms with E-state index in [1.54, 1.807) is 18.2 Å². The first-order valence-corrected chi connectivity index (χ1v) is 8.66. The van der Waals surface area contributed by atoms with E-state index in [4.69, 9.17) is 0 Å². The third-order valence-corrected chi connectivity index (χ3v) is 4.76. The van der Waals surface area contributed by atoms with Gasteiger partial charge in [0.15, 0.2) is 5.82 Å². The highest BCUT2D eigenvalue weighted by molar-refractivity contribution is 7.92. The lowest BCUT2D eigenvalue weighted by Gasteiger charge is -2.14. The van der Waals surface area contributed by atoms with Gasteiger partial charge in [-0.1, -0.05) is 20.8 Å². The van der Waals surface area contributed by atoms with Crippen LogP contribution in [0.15, 0.2) is 41.6 Å². The summed E-state index contributed by atoms with van der Waals surface area (Å²) in [7, 11) is -3.72. The predicted octanol–water partition coefficient (Wildman–Crippen LogP) is 1.48. The molecule has 3 aromatic rings. The summed E-state index contributed by atoms with van der Waals surface area (Å²) >= 11 is 0. The minimum Gasteiger partial charge on any atom is -0.280 e. The number of anilines is 1. The number of rotatable bonds is 4. The molecule has 9 nitrogen and oxygen atoms in total. The van der Waals surface area contributed by atoms with Crippen LogP contribution >= 0.6 is 0 Å². The van der Waals surface area contributed by atoms with Crippen LogP contribution in [0.1, 0.15) is 26.5 Å². The molecule has 24 heavy (non-hydrogen) atoms. The number of nitrogens with one attached hydrogen (secondary N) is 2. The molecule has 0 fully saturated rings. The molecule has 0 unspecified atom stereocenters. The number of aromatic amines is 1. The maximum absolute atomic E-state index is 12.4. The van der Waals surface area contributed by atoms with Crippen LogP contribution in [0.2, 0.25) is 0 Å². The Morgan fingerprint density at radius 1 is 1.17 bits per heavy atom. The second kappa shape index (κ2) is 5.71. The monoisotopic (exact) mass is 347 g/mol. The molecule has 0 aliphatic rings. The molecule has 2 heterocycles. The Kier molecular flexibility index (Phi) is 3.84. The molecule has 0 spiro atoms. The molecule has 0 aliphatic heterocycles. The molecule has 0 bridgehead atoms. The molecule has 2 aromatic heterocycles. The van der Waals surface area contributed by atoms with Crippen molar-refractivity contribution in [1.82, 2.24) is 30.4 Å². The molecule has 0 amide bonds. The second-order valence-corrected chi connectivity index (χ2v) is 7.95. The summed E-state index contributed by atoms with van der Waals surface area (Å²) in [4.78, 5) is 0.125. The van der Waals surface area contributed by atoms with Gasteiger partial charge in [-0.15, -0.1) is 5.10 Å². The quantitative estimate of drug-likeness (QED) is 0.738. The Hall–Kier alpha value is -2.75. The first-order chi connectivity index (χ1) is 11.3. The Morgan fingerprint density at radius 2 is 1.88 bits per heavy atom. The molecular weight excluding hydrogens is 330 g/mol. The van der Waals surface area contributed by atoms with Gasteiger partial charge in [-0.3, -0.25) is 9.82 Å². The standard InChI is InChI=1S/C14H17N7O2S/c1-14(2,3)12-8-13(17-16-12)18-24(22,23)11-6-4-10(5-7-11)21-9-15-19-20-21/h4-9H,1-3H3,(H2,16,17,18). The summed E-state index contributed by atoms with van der Waals surface area (Å²) in [6.07, 6.45) is 1.43. The fraction of sp³-hybridized carbons (Fsp3) is 0.286. The van der Waals surface area contributed by atoms with E-state index in [2.05, 4.69) is 30.4 Å². The van der Waals surface area contributed by atoms with Crippen LogP contribution in [-0.4, -0.2) is 38.8 Å². The first kappa shape index (κ1) is 16.1. The molecule has 2 N–H and O–H groups in total. The molecule has 0 saturated heterocycles. The van der Waals surface area contributed by atoms with E-state index >= 15 is 0 Å². The second-order valence-electron chi connectivity index (χ2n) is 6.27. The maximum Gasteiger partial charge on any atom is 0.263 e. The van der Waals surface area contributed by atoms with Crippen molar-refractivity contribution >= 4 is 15.8 Å². The summed E-state index contributed by atoms with van der Waals surface area (Å²) in [6, 6.07) is 7.90. The number of benzene rings is 1. The topological polar surface area (TPSA) is 118 Å². The fourth-order valence-corrected chi connectivity index (χ4v) is 3.00. The van der Waals surface area contributed by atoms with Gasteiger partial charge in [0, 0.05) is 17.2 Å². The largest absolute Gasteiger partial charge is 0.280 e. The van der Waals surface area contributed by atoms with Crippen LogP contribution in [-0.2, 0) is 15.4 Å². The van der Waals surface area contributed by atoms with Gasteiger partial charge in [-0.05, 0) is 34.7 Å². The lowest BCUT2D eigenvalue weighted by atomic mass is 9.92. The van der Waals surface area contributed by atoms with Crippen LogP contribution in [0, 0.1) is 0 Å². The molecule has 0 atom stereocenters. The van der Waals surface area contributed by atoms with Crippen LogP contribution in [0.5, 0.6) is 0 Å². The van der Waals surface area contributed by atoms with Crippen LogP contribution in [0.4, 0.5) is 5.82 Å². The first-order valence-electron chi connectivity index (χ1n) is 7.18. The average Bonchev–Trinajstić information content (AvgIpc) is 3.17. The predicted molar refractivity (Wildman–Crippen MR) is 87.3 cm³/mol. The van der Waals surface area contributed by atoms with Gasteiger partial charge in [0.1, 0.15) is 6.33 Å². The van der Waals surface area contributed by atoms with Crippen molar-refractivity contribution in [2.75, 3.05) is 4.72 Å². The van der Waals surface area contributed by atoms with Crippen molar-refractivity contribution in [2.45, 2.75) is 31.1 Å². The zero-order valence-electron chi connectivity index (χ0n) is 13.4. The highest BCUT2D eigenvalue weighted by Gasteiger charge is 2.20. The average molecular weight is 347 g/mol. The third-order valence-electron chi connectivity index (χ3n) is 3.39. The van der Waals surface area contributed by atoms with E-state index in [0.29, 0.717) is 5.69 Å². The normalized spacial score (nSPS) is 12.3. The number of H-pyrrole nitrogens is 1. The third kappa shape index (κ3) is 3.27. The minimum atomic E-state index is -3.72. The van der Waals surface area contributed by atoms with Crippen molar-refractivity contribution in [3.8, 4) is 5.69 Å². The lowest BCUT2D eigenvalue weighted by Crippen LogP contribution is -2.13. The Morgan fingerprint density at radius 3 is 2.42 bits per heavy atom. The van der Waals surface area contributed by atoms with Crippen molar-refractivity contribution in [3.05, 3.63) is 42.4 Å². The summed E-state index contributed by atoms with van der Waals surface area (Å²) < 4.78 is 28.8. The van der Waals surface area contributed by atoms with E-state index in [9.17, 15) is 8.42 Å². The van der Waals surface area contributed by atoms with Crippen molar-refractivity contribution in [3.63, 3.8) is 0 Å². The van der Waals surface area contributed by atoms with Gasteiger partial charge in [-0.25, -0.2) is 13.1 Å². The molecule has 126 valence electrons. The number of aromatic nitrogens is 6. The lowest BCUT2D eigenvalue weighted by molar-refractivity contribution is 0.567. The van der Waals surface area contributed by atoms with E-state index < -0.39 is 10.0 Å². The van der Waals surface area contributed by atoms with Crippen molar-refractivity contribution < 1.29 is 8.42 Å². The zero-order chi connectivity index (χ0) is 17.4. The van der Waals surface area contributed by atoms with Gasteiger partial charge in [-0.2, -0.15) is 5.10 Å². The number of hydrogen-bond acceptors (Lipinski definition) is 6. The van der Waals surface area contributed by atoms with Crippen LogP contribution in [0.3, 0.4) is 0 Å². The highest BCUT2D eigenvalue weighted by atomic mass is 32.2. The SMILES string of the molecule is CC(C)(C)c1cc(NS(=O)(=O)c2ccc(-n3cnnn3)cc2)n[nH]1. The Bertz CT molecular complexity index is 922. The zero-order valence-corrected chi connectivity index (χ0v) is 14.2. The summed E-state index contributed by atoms with van der Waals surface area (Å²) in [5.74, 6) is 0.254. The Balaban J connectivity index is 1.81. The summed E-state index contributed by atoms with van der Waals surface area (Å²) in [5, 5.41) is 17.7. The fourth-order valence-electron chi connectivity index (χ4n) is 2.01. The van der Waals surface area contributed by atoms with Crippen molar-refractivity contribution in [1.29, 1.82) is 0 Å². The van der Waals surface area contributed by atoms with Crippen LogP contribution in [0.25, 0.3) is 5.69 Å². The van der Waals surface area contributed by atoms with E-state index in [1.807, 2.05) is 20.8 Å². The highest BCUT2D eigenvalue weighted by Crippen LogP contribution is 2.23. The van der Waals surface area contributed by atoms with E-state index in [0.717, 1.165) is 5.69 Å². The van der Waals surface area contributed by atoms with Gasteiger partial charge in [0.25, 0.3) is 10.0 Å². The van der Waals surface area contributed by atoms with E-state index in [1.165, 1.54) is 23.1 Å². The van der Waals surface area contributed by atoms with Crippen LogP contribution < -0.4 is 4.72 Å². The molecule has 1 aromatic carbocycles. The molecular formula is C14H17N7O2S. The van der Waals surface area contributed by atoms with Gasteiger partial charge < -0.3 is 0 Å². The number of sulfonamides is 1. The van der Waals surface area contributed by atoms with Gasteiger partial charge in [0.05, 0.1) is 10.6 Å². The Labute approximate surface area is 139 Å². The maximum atomic E-state index is 12.4. The minimum absolute atomic E-state index is 0.125. The van der Waals surface area contributed by atoms with Gasteiger partial charge >= 0.3 is 0 Å². The number of nitrogens with zero attached hydrogens (tertiary/aromatic N) is 5. The van der Waals surface area contributed by atoms with Gasteiger partial charge in [0.2, 0.25) is 0 Å². The molecule has 3 rings (SSSR count). The molecule has 10 heteroatoms. The molecule has 0 radical (unpaired) electrons. The number of hydrogen-bond donors (Lipinski definition) is 2. The molecule has 0 saturated carbocycles. The summed E-state index contributed by atoms with van der Waals surface area (Å²) in [6.45, 7) is 6.03. The van der Waals surface area contributed by atoms with E-state index in [-0.39, 0.29) is 16.1 Å². The smallest absolute Gasteiger partial charge is 0.263 e. The molecule has 0 aliphatic carbocycles.